The molecule has 1 aliphatic carbocycles. The molecule has 0 bridgehead atoms. The van der Waals surface area contributed by atoms with E-state index in [-0.39, 0.29) is 17.9 Å². The third-order valence-electron chi connectivity index (χ3n) is 4.32. The molecule has 1 aliphatic heterocycles. The number of nitrogens with two attached hydrogens (primary N) is 1. The van der Waals surface area contributed by atoms with Crippen molar-refractivity contribution >= 4 is 5.91 Å². The van der Waals surface area contributed by atoms with Crippen LogP contribution in [0.3, 0.4) is 0 Å². The topological polar surface area (TPSA) is 73.6 Å². The summed E-state index contributed by atoms with van der Waals surface area (Å²) in [4.78, 5) is 12.4. The first-order chi connectivity index (χ1) is 10.2. The quantitative estimate of drug-likeness (QED) is 0.851. The monoisotopic (exact) mass is 290 g/mol. The van der Waals surface area contributed by atoms with Gasteiger partial charge in [-0.1, -0.05) is 0 Å². The second-order valence-electron chi connectivity index (χ2n) is 5.87. The Bertz CT molecular complexity index is 528. The molecule has 1 heterocycles. The molecule has 0 radical (unpaired) electrons. The van der Waals surface area contributed by atoms with Crippen molar-refractivity contribution in [1.29, 1.82) is 0 Å². The number of hydrogen-bond acceptors (Lipinski definition) is 4. The molecule has 5 nitrogen and oxygen atoms in total. The summed E-state index contributed by atoms with van der Waals surface area (Å²) in [5, 5.41) is 3.08. The van der Waals surface area contributed by atoms with Crippen LogP contribution in [0.4, 0.5) is 0 Å². The highest BCUT2D eigenvalue weighted by atomic mass is 16.5. The molecule has 1 aromatic carbocycles. The predicted octanol–water partition coefficient (Wildman–Crippen LogP) is 1.10. The van der Waals surface area contributed by atoms with Crippen LogP contribution < -0.4 is 20.5 Å². The Morgan fingerprint density at radius 3 is 3.00 bits per heavy atom. The van der Waals surface area contributed by atoms with E-state index in [1.807, 2.05) is 18.2 Å². The smallest absolute Gasteiger partial charge is 0.227 e. The van der Waals surface area contributed by atoms with Crippen molar-refractivity contribution < 1.29 is 14.3 Å². The van der Waals surface area contributed by atoms with Crippen molar-refractivity contribution in [1.82, 2.24) is 5.32 Å². The fraction of sp³-hybridized carbons (Fsp3) is 0.562. The molecule has 0 spiro atoms. The van der Waals surface area contributed by atoms with Crippen LogP contribution in [-0.4, -0.2) is 32.2 Å². The number of amides is 1. The molecule has 5 heteroatoms. The summed E-state index contributed by atoms with van der Waals surface area (Å²) < 4.78 is 10.9. The van der Waals surface area contributed by atoms with Crippen LogP contribution >= 0.6 is 0 Å². The van der Waals surface area contributed by atoms with Crippen molar-refractivity contribution in [3.63, 3.8) is 0 Å². The summed E-state index contributed by atoms with van der Waals surface area (Å²) in [6, 6.07) is 5.83. The van der Waals surface area contributed by atoms with Crippen molar-refractivity contribution in [3.8, 4) is 11.5 Å². The van der Waals surface area contributed by atoms with E-state index in [0.717, 1.165) is 17.1 Å². The normalized spacial score (nSPS) is 21.9. The SMILES string of the molecule is COc1ccc2c(c1)CC(C(=O)NC(CN)C1CC1)CO2. The molecule has 2 aliphatic rings. The Morgan fingerprint density at radius 2 is 2.33 bits per heavy atom. The second-order valence-corrected chi connectivity index (χ2v) is 5.87. The summed E-state index contributed by atoms with van der Waals surface area (Å²) in [5.41, 5.74) is 6.77. The van der Waals surface area contributed by atoms with E-state index >= 15 is 0 Å². The van der Waals surface area contributed by atoms with Crippen LogP contribution in [0.5, 0.6) is 11.5 Å². The van der Waals surface area contributed by atoms with Crippen LogP contribution in [-0.2, 0) is 11.2 Å². The van der Waals surface area contributed by atoms with Gasteiger partial charge in [0.05, 0.1) is 13.0 Å². The molecule has 21 heavy (non-hydrogen) atoms. The van der Waals surface area contributed by atoms with E-state index in [4.69, 9.17) is 15.2 Å². The van der Waals surface area contributed by atoms with Crippen molar-refractivity contribution in [3.05, 3.63) is 23.8 Å². The van der Waals surface area contributed by atoms with Gasteiger partial charge < -0.3 is 20.5 Å². The molecule has 1 aromatic rings. The lowest BCUT2D eigenvalue weighted by atomic mass is 9.95. The highest BCUT2D eigenvalue weighted by Crippen LogP contribution is 2.33. The zero-order chi connectivity index (χ0) is 14.8. The average Bonchev–Trinajstić information content (AvgIpc) is 3.36. The summed E-state index contributed by atoms with van der Waals surface area (Å²) in [6.45, 7) is 0.932. The number of methoxy groups -OCH3 is 1. The van der Waals surface area contributed by atoms with Gasteiger partial charge in [-0.15, -0.1) is 0 Å². The Kier molecular flexibility index (Phi) is 4.01. The Labute approximate surface area is 124 Å². The molecular weight excluding hydrogens is 268 g/mol. The largest absolute Gasteiger partial charge is 0.497 e. The van der Waals surface area contributed by atoms with Crippen LogP contribution in [0.2, 0.25) is 0 Å². The zero-order valence-electron chi connectivity index (χ0n) is 12.3. The van der Waals surface area contributed by atoms with Gasteiger partial charge in [0.1, 0.15) is 18.1 Å². The maximum absolute atomic E-state index is 12.4. The van der Waals surface area contributed by atoms with E-state index in [0.29, 0.717) is 25.5 Å². The van der Waals surface area contributed by atoms with Crippen molar-refractivity contribution in [2.24, 2.45) is 17.6 Å². The van der Waals surface area contributed by atoms with Gasteiger partial charge in [0.15, 0.2) is 0 Å². The minimum absolute atomic E-state index is 0.0471. The number of ether oxygens (including phenoxy) is 2. The molecule has 2 unspecified atom stereocenters. The first-order valence-corrected chi connectivity index (χ1v) is 7.51. The minimum Gasteiger partial charge on any atom is -0.497 e. The number of benzene rings is 1. The van der Waals surface area contributed by atoms with Gasteiger partial charge in [0, 0.05) is 12.6 Å². The number of nitrogens with one attached hydrogen (secondary N) is 1. The lowest BCUT2D eigenvalue weighted by molar-refractivity contribution is -0.127. The third kappa shape index (κ3) is 3.13. The van der Waals surface area contributed by atoms with Gasteiger partial charge in [-0.3, -0.25) is 4.79 Å². The molecule has 1 saturated carbocycles. The van der Waals surface area contributed by atoms with Gasteiger partial charge in [0.25, 0.3) is 0 Å². The second kappa shape index (κ2) is 5.93. The number of carbonyl (C=O) groups excluding carboxylic acids is 1. The first-order valence-electron chi connectivity index (χ1n) is 7.51. The van der Waals surface area contributed by atoms with Crippen LogP contribution in [0.1, 0.15) is 18.4 Å². The molecular formula is C16H22N2O3. The molecule has 3 N–H and O–H groups in total. The molecule has 3 rings (SSSR count). The summed E-state index contributed by atoms with van der Waals surface area (Å²) in [6.07, 6.45) is 3.02. The molecule has 0 saturated heterocycles. The fourth-order valence-electron chi connectivity index (χ4n) is 2.83. The highest BCUT2D eigenvalue weighted by molar-refractivity contribution is 5.80. The molecule has 2 atom stereocenters. The van der Waals surface area contributed by atoms with Crippen molar-refractivity contribution in [2.75, 3.05) is 20.3 Å². The van der Waals surface area contributed by atoms with E-state index in [9.17, 15) is 4.79 Å². The van der Waals surface area contributed by atoms with Crippen molar-refractivity contribution in [2.45, 2.75) is 25.3 Å². The lowest BCUT2D eigenvalue weighted by Crippen LogP contribution is -2.46. The van der Waals surface area contributed by atoms with Crippen LogP contribution in [0.25, 0.3) is 0 Å². The molecule has 114 valence electrons. The van der Waals surface area contributed by atoms with Gasteiger partial charge in [-0.05, 0) is 48.9 Å². The molecule has 0 aromatic heterocycles. The van der Waals surface area contributed by atoms with Crippen LogP contribution in [0.15, 0.2) is 18.2 Å². The molecule has 1 amide bonds. The number of rotatable bonds is 5. The minimum atomic E-state index is -0.155. The molecule has 1 fully saturated rings. The average molecular weight is 290 g/mol. The zero-order valence-corrected chi connectivity index (χ0v) is 12.3. The van der Waals surface area contributed by atoms with E-state index in [2.05, 4.69) is 5.32 Å². The summed E-state index contributed by atoms with van der Waals surface area (Å²) in [5.74, 6) is 2.09. The Balaban J connectivity index is 1.65. The summed E-state index contributed by atoms with van der Waals surface area (Å²) >= 11 is 0. The predicted molar refractivity (Wildman–Crippen MR) is 79.4 cm³/mol. The standard InChI is InChI=1S/C16H22N2O3/c1-20-13-4-5-15-11(7-13)6-12(9-21-15)16(19)18-14(8-17)10-2-3-10/h4-5,7,10,12,14H,2-3,6,8-9,17H2,1H3,(H,18,19). The lowest BCUT2D eigenvalue weighted by Gasteiger charge is -2.27. The van der Waals surface area contributed by atoms with E-state index in [1.54, 1.807) is 7.11 Å². The van der Waals surface area contributed by atoms with Gasteiger partial charge in [-0.25, -0.2) is 0 Å². The van der Waals surface area contributed by atoms with E-state index in [1.165, 1.54) is 12.8 Å². The Hall–Kier alpha value is -1.75. The van der Waals surface area contributed by atoms with Crippen LogP contribution in [0, 0.1) is 11.8 Å². The fourth-order valence-corrected chi connectivity index (χ4v) is 2.83. The third-order valence-corrected chi connectivity index (χ3v) is 4.32. The number of fused-ring (bicyclic) bond motifs is 1. The Morgan fingerprint density at radius 1 is 1.52 bits per heavy atom. The number of carbonyl (C=O) groups is 1. The first kappa shape index (κ1) is 14.2. The number of hydrogen-bond donors (Lipinski definition) is 2. The van der Waals surface area contributed by atoms with Gasteiger partial charge in [-0.2, -0.15) is 0 Å². The van der Waals surface area contributed by atoms with Gasteiger partial charge in [0.2, 0.25) is 5.91 Å². The highest BCUT2D eigenvalue weighted by Gasteiger charge is 2.34. The summed E-state index contributed by atoms with van der Waals surface area (Å²) in [7, 11) is 1.64. The maximum Gasteiger partial charge on any atom is 0.227 e. The van der Waals surface area contributed by atoms with Gasteiger partial charge >= 0.3 is 0 Å². The van der Waals surface area contributed by atoms with E-state index < -0.39 is 0 Å². The maximum atomic E-state index is 12.4.